The van der Waals surface area contributed by atoms with Crippen LogP contribution < -0.4 is 0 Å². The van der Waals surface area contributed by atoms with E-state index in [1.807, 2.05) is 7.05 Å². The molecule has 0 saturated heterocycles. The Labute approximate surface area is 107 Å². The van der Waals surface area contributed by atoms with Gasteiger partial charge in [0.05, 0.1) is 6.61 Å². The van der Waals surface area contributed by atoms with Crippen LogP contribution in [0.3, 0.4) is 0 Å². The van der Waals surface area contributed by atoms with Gasteiger partial charge in [-0.05, 0) is 24.7 Å². The minimum absolute atomic E-state index is 0.227. The van der Waals surface area contributed by atoms with Gasteiger partial charge in [0.15, 0.2) is 0 Å². The first kappa shape index (κ1) is 14.7. The van der Waals surface area contributed by atoms with Gasteiger partial charge >= 0.3 is 0 Å². The third-order valence-corrected chi connectivity index (χ3v) is 2.49. The highest BCUT2D eigenvalue weighted by Crippen LogP contribution is 2.12. The van der Waals surface area contributed by atoms with E-state index in [1.165, 1.54) is 12.1 Å². The van der Waals surface area contributed by atoms with Gasteiger partial charge in [-0.3, -0.25) is 4.90 Å². The molecule has 4 heteroatoms. The fraction of sp³-hybridized carbons (Fsp3) is 0.429. The van der Waals surface area contributed by atoms with Crippen molar-refractivity contribution in [2.45, 2.75) is 6.54 Å². The first-order valence-electron chi connectivity index (χ1n) is 5.73. The lowest BCUT2D eigenvalue weighted by Crippen LogP contribution is -2.22. The van der Waals surface area contributed by atoms with E-state index < -0.39 is 0 Å². The van der Waals surface area contributed by atoms with E-state index in [-0.39, 0.29) is 12.4 Å². The van der Waals surface area contributed by atoms with Crippen molar-refractivity contribution in [2.75, 3.05) is 33.9 Å². The number of nitrogens with zero attached hydrogens (tertiary/aromatic N) is 1. The lowest BCUT2D eigenvalue weighted by molar-refractivity contribution is 0.158. The average Bonchev–Trinajstić information content (AvgIpc) is 2.36. The molecule has 0 aliphatic carbocycles. The van der Waals surface area contributed by atoms with Crippen molar-refractivity contribution in [3.63, 3.8) is 0 Å². The van der Waals surface area contributed by atoms with Gasteiger partial charge in [-0.2, -0.15) is 0 Å². The number of hydrogen-bond donors (Lipinski definition) is 1. The number of aliphatic hydroxyl groups is 1. The zero-order valence-corrected chi connectivity index (χ0v) is 10.7. The van der Waals surface area contributed by atoms with Crippen LogP contribution in [0.15, 0.2) is 18.2 Å². The van der Waals surface area contributed by atoms with Crippen LogP contribution in [0.5, 0.6) is 0 Å². The number of halogens is 1. The Balaban J connectivity index is 2.80. The molecule has 0 aliphatic rings. The Morgan fingerprint density at radius 1 is 1.44 bits per heavy atom. The van der Waals surface area contributed by atoms with Gasteiger partial charge in [0.25, 0.3) is 0 Å². The third kappa shape index (κ3) is 4.84. The number of methoxy groups -OCH3 is 1. The Morgan fingerprint density at radius 2 is 2.22 bits per heavy atom. The summed E-state index contributed by atoms with van der Waals surface area (Å²) in [6.45, 7) is 1.88. The van der Waals surface area contributed by atoms with E-state index in [0.29, 0.717) is 18.7 Å². The normalized spacial score (nSPS) is 10.3. The first-order chi connectivity index (χ1) is 8.67. The summed E-state index contributed by atoms with van der Waals surface area (Å²) in [6.07, 6.45) is 0. The lowest BCUT2D eigenvalue weighted by Gasteiger charge is -2.17. The first-order valence-corrected chi connectivity index (χ1v) is 5.73. The molecule has 98 valence electrons. The Hall–Kier alpha value is -1.41. The molecule has 0 atom stereocenters. The fourth-order valence-corrected chi connectivity index (χ4v) is 1.55. The number of hydrogen-bond acceptors (Lipinski definition) is 3. The van der Waals surface area contributed by atoms with E-state index in [1.54, 1.807) is 13.2 Å². The van der Waals surface area contributed by atoms with E-state index >= 15 is 0 Å². The second-order valence-corrected chi connectivity index (χ2v) is 3.99. The highest BCUT2D eigenvalue weighted by molar-refractivity contribution is 5.41. The lowest BCUT2D eigenvalue weighted by atomic mass is 10.1. The number of aliphatic hydroxyl groups excluding tert-OH is 1. The van der Waals surface area contributed by atoms with E-state index in [4.69, 9.17) is 9.84 Å². The van der Waals surface area contributed by atoms with Crippen LogP contribution in [-0.2, 0) is 11.3 Å². The van der Waals surface area contributed by atoms with Crippen LogP contribution in [0, 0.1) is 17.7 Å². The maximum Gasteiger partial charge on any atom is 0.124 e. The summed E-state index contributed by atoms with van der Waals surface area (Å²) in [5.41, 5.74) is 1.56. The number of likely N-dealkylation sites (N-methyl/N-ethyl adjacent to an activating group) is 1. The summed E-state index contributed by atoms with van der Waals surface area (Å²) in [7, 11) is 3.62. The van der Waals surface area contributed by atoms with Gasteiger partial charge in [-0.1, -0.05) is 17.9 Å². The molecule has 0 aromatic heterocycles. The zero-order chi connectivity index (χ0) is 13.4. The molecule has 3 nitrogen and oxygen atoms in total. The Kier molecular flexibility index (Phi) is 6.37. The summed E-state index contributed by atoms with van der Waals surface area (Å²) in [5.74, 6) is 4.99. The van der Waals surface area contributed by atoms with Crippen LogP contribution in [0.1, 0.15) is 11.1 Å². The Morgan fingerprint density at radius 3 is 2.89 bits per heavy atom. The van der Waals surface area contributed by atoms with Crippen molar-refractivity contribution in [2.24, 2.45) is 0 Å². The minimum Gasteiger partial charge on any atom is -0.384 e. The van der Waals surface area contributed by atoms with Gasteiger partial charge in [-0.15, -0.1) is 0 Å². The standard InChI is InChI=1S/C14H18FNO2/c1-16(7-9-18-2)11-13-5-6-14(15)10-12(13)4-3-8-17/h5-6,10,17H,7-9,11H2,1-2H3. The summed E-state index contributed by atoms with van der Waals surface area (Å²) >= 11 is 0. The summed E-state index contributed by atoms with van der Waals surface area (Å²) in [4.78, 5) is 2.07. The van der Waals surface area contributed by atoms with Crippen LogP contribution in [0.4, 0.5) is 4.39 Å². The van der Waals surface area contributed by atoms with Crippen LogP contribution in [0.2, 0.25) is 0 Å². The second-order valence-electron chi connectivity index (χ2n) is 3.99. The maximum atomic E-state index is 13.2. The Bertz CT molecular complexity index is 437. The van der Waals surface area contributed by atoms with Gasteiger partial charge in [0.2, 0.25) is 0 Å². The molecule has 1 aromatic rings. The van der Waals surface area contributed by atoms with Gasteiger partial charge < -0.3 is 9.84 Å². The molecule has 18 heavy (non-hydrogen) atoms. The molecule has 0 saturated carbocycles. The number of ether oxygens (including phenoxy) is 1. The number of benzene rings is 1. The zero-order valence-electron chi connectivity index (χ0n) is 10.7. The largest absolute Gasteiger partial charge is 0.384 e. The van der Waals surface area contributed by atoms with Crippen LogP contribution in [-0.4, -0.2) is 43.9 Å². The highest BCUT2D eigenvalue weighted by Gasteiger charge is 2.05. The molecule has 0 heterocycles. The maximum absolute atomic E-state index is 13.2. The molecule has 0 aliphatic heterocycles. The van der Waals surface area contributed by atoms with Crippen molar-refractivity contribution in [1.29, 1.82) is 0 Å². The third-order valence-electron chi connectivity index (χ3n) is 2.49. The molecule has 0 radical (unpaired) electrons. The number of rotatable bonds is 5. The minimum atomic E-state index is -0.319. The fourth-order valence-electron chi connectivity index (χ4n) is 1.55. The molecule has 0 unspecified atom stereocenters. The van der Waals surface area contributed by atoms with E-state index in [9.17, 15) is 4.39 Å². The van der Waals surface area contributed by atoms with Gasteiger partial charge in [0, 0.05) is 25.8 Å². The topological polar surface area (TPSA) is 32.7 Å². The van der Waals surface area contributed by atoms with Crippen molar-refractivity contribution >= 4 is 0 Å². The molecule has 0 amide bonds. The smallest absolute Gasteiger partial charge is 0.124 e. The predicted octanol–water partition coefficient (Wildman–Crippen LogP) is 1.25. The molecule has 1 aromatic carbocycles. The van der Waals surface area contributed by atoms with Gasteiger partial charge in [-0.25, -0.2) is 4.39 Å². The quantitative estimate of drug-likeness (QED) is 0.799. The van der Waals surface area contributed by atoms with Crippen molar-refractivity contribution in [1.82, 2.24) is 4.90 Å². The van der Waals surface area contributed by atoms with Gasteiger partial charge in [0.1, 0.15) is 12.4 Å². The molecule has 1 rings (SSSR count). The molecule has 1 N–H and O–H groups in total. The van der Waals surface area contributed by atoms with Crippen molar-refractivity contribution in [3.05, 3.63) is 35.1 Å². The molecule has 0 bridgehead atoms. The van der Waals surface area contributed by atoms with Crippen molar-refractivity contribution in [3.8, 4) is 11.8 Å². The summed E-state index contributed by atoms with van der Waals surface area (Å²) in [5, 5.41) is 8.69. The summed E-state index contributed by atoms with van der Waals surface area (Å²) < 4.78 is 18.2. The highest BCUT2D eigenvalue weighted by atomic mass is 19.1. The van der Waals surface area contributed by atoms with Crippen LogP contribution >= 0.6 is 0 Å². The molecular weight excluding hydrogens is 233 g/mol. The SMILES string of the molecule is COCCN(C)Cc1ccc(F)cc1C#CCO. The molecule has 0 spiro atoms. The second kappa shape index (κ2) is 7.83. The van der Waals surface area contributed by atoms with E-state index in [2.05, 4.69) is 16.7 Å². The molecular formula is C14H18FNO2. The molecule has 0 fully saturated rings. The predicted molar refractivity (Wildman–Crippen MR) is 68.6 cm³/mol. The average molecular weight is 251 g/mol. The van der Waals surface area contributed by atoms with E-state index in [0.717, 1.165) is 12.1 Å². The van der Waals surface area contributed by atoms with Crippen LogP contribution in [0.25, 0.3) is 0 Å². The monoisotopic (exact) mass is 251 g/mol. The van der Waals surface area contributed by atoms with Crippen molar-refractivity contribution < 1.29 is 14.2 Å². The summed E-state index contributed by atoms with van der Waals surface area (Å²) in [6, 6.07) is 4.53.